The molecular weight excluding hydrogens is 373 g/mol. The Morgan fingerprint density at radius 1 is 1.28 bits per heavy atom. The quantitative estimate of drug-likeness (QED) is 0.801. The number of likely N-dealkylation sites (tertiary alicyclic amines) is 1. The van der Waals surface area contributed by atoms with Crippen LogP contribution in [0, 0.1) is 6.92 Å². The van der Waals surface area contributed by atoms with Gasteiger partial charge in [0.15, 0.2) is 0 Å². The first kappa shape index (κ1) is 20.8. The summed E-state index contributed by atoms with van der Waals surface area (Å²) in [7, 11) is 0. The molecule has 6 nitrogen and oxygen atoms in total. The fourth-order valence-electron chi connectivity index (χ4n) is 3.81. The number of carbonyl (C=O) groups is 2. The lowest BCUT2D eigenvalue weighted by molar-refractivity contribution is -0.125. The number of amides is 2. The maximum Gasteiger partial charge on any atom is 0.408 e. The summed E-state index contributed by atoms with van der Waals surface area (Å²) in [4.78, 5) is 29.7. The molecule has 0 spiro atoms. The second-order valence-electron chi connectivity index (χ2n) is 7.76. The Hall–Kier alpha value is -2.96. The van der Waals surface area contributed by atoms with Gasteiger partial charge in [0.05, 0.1) is 18.3 Å². The summed E-state index contributed by atoms with van der Waals surface area (Å²) in [5.74, 6) is -0.195. The van der Waals surface area contributed by atoms with Crippen molar-refractivity contribution in [3.05, 3.63) is 65.0 Å². The van der Waals surface area contributed by atoms with E-state index in [-0.39, 0.29) is 13.0 Å². The molecule has 1 aromatic heterocycles. The molecule has 2 N–H and O–H groups in total. The van der Waals surface area contributed by atoms with Crippen molar-refractivity contribution in [2.75, 3.05) is 6.54 Å². The second-order valence-corrected chi connectivity index (χ2v) is 7.76. The number of aromatic nitrogens is 1. The Balaban J connectivity index is 1.92. The van der Waals surface area contributed by atoms with Crippen LogP contribution in [0.1, 0.15) is 54.6 Å². The van der Waals surface area contributed by atoms with Gasteiger partial charge in [-0.25, -0.2) is 9.18 Å². The molecule has 2 amide bonds. The summed E-state index contributed by atoms with van der Waals surface area (Å²) in [6.45, 7) is 5.90. The molecule has 2 aromatic rings. The van der Waals surface area contributed by atoms with E-state index in [1.54, 1.807) is 0 Å². The number of nitrogens with zero attached hydrogens (tertiary/aromatic N) is 2. The Morgan fingerprint density at radius 3 is 2.55 bits per heavy atom. The monoisotopic (exact) mass is 399 g/mol. The third-order valence-corrected chi connectivity index (χ3v) is 5.31. The van der Waals surface area contributed by atoms with E-state index in [9.17, 15) is 19.1 Å². The lowest BCUT2D eigenvalue weighted by Gasteiger charge is -2.25. The molecule has 3 rings (SSSR count). The largest absolute Gasteiger partial charge is 0.465 e. The van der Waals surface area contributed by atoms with Crippen molar-refractivity contribution in [3.63, 3.8) is 0 Å². The van der Waals surface area contributed by atoms with Crippen molar-refractivity contribution in [1.82, 2.24) is 15.2 Å². The van der Waals surface area contributed by atoms with Crippen LogP contribution in [0.25, 0.3) is 0 Å². The average Bonchev–Trinajstić information content (AvgIpc) is 3.08. The predicted molar refractivity (Wildman–Crippen MR) is 108 cm³/mol. The molecule has 0 radical (unpaired) electrons. The number of aryl methyl sites for hydroxylation is 1. The van der Waals surface area contributed by atoms with Crippen molar-refractivity contribution >= 4 is 12.0 Å². The minimum absolute atomic E-state index is 0.140. The van der Waals surface area contributed by atoms with Gasteiger partial charge in [0.25, 0.3) is 0 Å². The maximum atomic E-state index is 13.8. The van der Waals surface area contributed by atoms with Gasteiger partial charge < -0.3 is 10.4 Å². The van der Waals surface area contributed by atoms with Gasteiger partial charge in [-0.2, -0.15) is 0 Å². The lowest BCUT2D eigenvalue weighted by Crippen LogP contribution is -2.46. The van der Waals surface area contributed by atoms with Gasteiger partial charge in [-0.05, 0) is 35.6 Å². The fourth-order valence-corrected chi connectivity index (χ4v) is 3.81. The zero-order valence-electron chi connectivity index (χ0n) is 16.8. The van der Waals surface area contributed by atoms with Gasteiger partial charge in [0.2, 0.25) is 5.91 Å². The van der Waals surface area contributed by atoms with Crippen molar-refractivity contribution in [1.29, 1.82) is 0 Å². The zero-order chi connectivity index (χ0) is 21.1. The summed E-state index contributed by atoms with van der Waals surface area (Å²) in [5.41, 5.74) is 3.67. The number of nitrogens with one attached hydrogen (secondary N) is 1. The SMILES string of the molecule is Cc1cc(C(NC(=O)[C@H]2CC(F)CN2C(=O)O)c2ccccc2)ncc1C(C)C. The van der Waals surface area contributed by atoms with Gasteiger partial charge in [0, 0.05) is 12.6 Å². The number of hydrogen-bond donors (Lipinski definition) is 2. The smallest absolute Gasteiger partial charge is 0.408 e. The number of carboxylic acid groups (broad SMARTS) is 1. The van der Waals surface area contributed by atoms with Crippen molar-refractivity contribution in [3.8, 4) is 0 Å². The molecule has 1 fully saturated rings. The molecule has 1 aliphatic rings. The Morgan fingerprint density at radius 2 is 1.97 bits per heavy atom. The summed E-state index contributed by atoms with van der Waals surface area (Å²) in [6, 6.07) is 9.68. The molecule has 7 heteroatoms. The predicted octanol–water partition coefficient (Wildman–Crippen LogP) is 3.81. The van der Waals surface area contributed by atoms with Crippen LogP contribution in [0.4, 0.5) is 9.18 Å². The molecule has 0 saturated carbocycles. The van der Waals surface area contributed by atoms with Gasteiger partial charge in [-0.1, -0.05) is 44.2 Å². The normalized spacial score (nSPS) is 20.0. The van der Waals surface area contributed by atoms with Gasteiger partial charge >= 0.3 is 6.09 Å². The standard InChI is InChI=1S/C22H26FN3O3/c1-13(2)17-11-24-18(9-14(17)3)20(15-7-5-4-6-8-15)25-21(27)19-10-16(23)12-26(19)22(28)29/h4-9,11,13,16,19-20H,10,12H2,1-3H3,(H,25,27)(H,28,29)/t16?,19-,20?/m1/s1. The lowest BCUT2D eigenvalue weighted by atomic mass is 9.96. The van der Waals surface area contributed by atoms with Crippen LogP contribution in [-0.2, 0) is 4.79 Å². The molecule has 3 atom stereocenters. The first-order valence-electron chi connectivity index (χ1n) is 9.73. The molecule has 1 saturated heterocycles. The molecule has 2 unspecified atom stereocenters. The highest BCUT2D eigenvalue weighted by atomic mass is 19.1. The van der Waals surface area contributed by atoms with E-state index >= 15 is 0 Å². The number of alkyl halides is 1. The van der Waals surface area contributed by atoms with E-state index in [1.807, 2.05) is 49.5 Å². The van der Waals surface area contributed by atoms with Crippen LogP contribution in [0.15, 0.2) is 42.6 Å². The van der Waals surface area contributed by atoms with Crippen LogP contribution >= 0.6 is 0 Å². The van der Waals surface area contributed by atoms with Crippen LogP contribution in [0.3, 0.4) is 0 Å². The summed E-state index contributed by atoms with van der Waals surface area (Å²) in [5, 5.41) is 12.2. The van der Waals surface area contributed by atoms with Gasteiger partial charge in [-0.3, -0.25) is 14.7 Å². The highest BCUT2D eigenvalue weighted by Gasteiger charge is 2.40. The minimum Gasteiger partial charge on any atom is -0.465 e. The molecule has 0 bridgehead atoms. The summed E-state index contributed by atoms with van der Waals surface area (Å²) < 4.78 is 13.8. The second kappa shape index (κ2) is 8.59. The number of rotatable bonds is 5. The highest BCUT2D eigenvalue weighted by Crippen LogP contribution is 2.27. The number of carbonyl (C=O) groups excluding carboxylic acids is 1. The summed E-state index contributed by atoms with van der Waals surface area (Å²) in [6.07, 6.45) is -0.966. The Bertz CT molecular complexity index is 888. The van der Waals surface area contributed by atoms with E-state index in [0.29, 0.717) is 11.6 Å². The van der Waals surface area contributed by atoms with E-state index in [0.717, 1.165) is 21.6 Å². The Labute approximate surface area is 169 Å². The molecule has 1 aliphatic heterocycles. The first-order chi connectivity index (χ1) is 13.8. The van der Waals surface area contributed by atoms with Crippen LogP contribution in [0.5, 0.6) is 0 Å². The molecular formula is C22H26FN3O3. The summed E-state index contributed by atoms with van der Waals surface area (Å²) >= 11 is 0. The molecule has 154 valence electrons. The van der Waals surface area contributed by atoms with Gasteiger partial charge in [0.1, 0.15) is 12.2 Å². The highest BCUT2D eigenvalue weighted by molar-refractivity contribution is 5.86. The van der Waals surface area contributed by atoms with E-state index < -0.39 is 30.3 Å². The number of benzene rings is 1. The van der Waals surface area contributed by atoms with E-state index in [2.05, 4.69) is 24.1 Å². The molecule has 1 aromatic carbocycles. The average molecular weight is 399 g/mol. The van der Waals surface area contributed by atoms with E-state index in [1.165, 1.54) is 0 Å². The fraction of sp³-hybridized carbons (Fsp3) is 0.409. The first-order valence-corrected chi connectivity index (χ1v) is 9.73. The van der Waals surface area contributed by atoms with E-state index in [4.69, 9.17) is 0 Å². The molecule has 2 heterocycles. The molecule has 0 aliphatic carbocycles. The number of pyridine rings is 1. The zero-order valence-corrected chi connectivity index (χ0v) is 16.8. The van der Waals surface area contributed by atoms with Crippen LogP contribution in [-0.4, -0.2) is 45.7 Å². The van der Waals surface area contributed by atoms with Crippen LogP contribution in [0.2, 0.25) is 0 Å². The number of hydrogen-bond acceptors (Lipinski definition) is 3. The van der Waals surface area contributed by atoms with Gasteiger partial charge in [-0.15, -0.1) is 0 Å². The number of halogens is 1. The minimum atomic E-state index is -1.34. The third kappa shape index (κ3) is 4.55. The topological polar surface area (TPSA) is 82.5 Å². The van der Waals surface area contributed by atoms with Crippen molar-refractivity contribution in [2.45, 2.75) is 51.4 Å². The van der Waals surface area contributed by atoms with Crippen molar-refractivity contribution in [2.24, 2.45) is 0 Å². The molecule has 29 heavy (non-hydrogen) atoms. The van der Waals surface area contributed by atoms with Crippen LogP contribution < -0.4 is 5.32 Å². The maximum absolute atomic E-state index is 13.8. The van der Waals surface area contributed by atoms with Crippen molar-refractivity contribution < 1.29 is 19.1 Å². The third-order valence-electron chi connectivity index (χ3n) is 5.31. The Kier molecular flexibility index (Phi) is 6.15.